The summed E-state index contributed by atoms with van der Waals surface area (Å²) < 4.78 is 10.5. The highest BCUT2D eigenvalue weighted by molar-refractivity contribution is 5.91. The zero-order chi connectivity index (χ0) is 18.6. The molecule has 0 bridgehead atoms. The Kier molecular flexibility index (Phi) is 4.66. The smallest absolute Gasteiger partial charge is 0.287 e. The van der Waals surface area contributed by atoms with Crippen LogP contribution >= 0.6 is 0 Å². The van der Waals surface area contributed by atoms with Gasteiger partial charge in [0, 0.05) is 29.6 Å². The Morgan fingerprint density at radius 1 is 1.11 bits per heavy atom. The Labute approximate surface area is 157 Å². The van der Waals surface area contributed by atoms with Crippen molar-refractivity contribution < 1.29 is 13.9 Å². The van der Waals surface area contributed by atoms with Gasteiger partial charge in [-0.25, -0.2) is 0 Å². The number of methoxy groups -OCH3 is 1. The van der Waals surface area contributed by atoms with Crippen LogP contribution in [0.4, 0.5) is 0 Å². The number of ether oxygens (including phenoxy) is 1. The second-order valence-electron chi connectivity index (χ2n) is 6.30. The molecule has 0 saturated heterocycles. The summed E-state index contributed by atoms with van der Waals surface area (Å²) in [5, 5.41) is 4.13. The van der Waals surface area contributed by atoms with E-state index < -0.39 is 0 Å². The van der Waals surface area contributed by atoms with Crippen molar-refractivity contribution in [3.63, 3.8) is 0 Å². The summed E-state index contributed by atoms with van der Waals surface area (Å²) in [6, 6.07) is 19.5. The van der Waals surface area contributed by atoms with Gasteiger partial charge in [0.05, 0.1) is 13.4 Å². The fourth-order valence-corrected chi connectivity index (χ4v) is 3.32. The first-order valence-electron chi connectivity index (χ1n) is 8.78. The predicted octanol–water partition coefficient (Wildman–Crippen LogP) is 4.33. The van der Waals surface area contributed by atoms with E-state index in [0.717, 1.165) is 27.8 Å². The number of hydrogen-bond acceptors (Lipinski definition) is 3. The average Bonchev–Trinajstić information content (AvgIpc) is 3.39. The van der Waals surface area contributed by atoms with Gasteiger partial charge in [-0.3, -0.25) is 4.79 Å². The zero-order valence-corrected chi connectivity index (χ0v) is 14.9. The molecule has 4 aromatic rings. The number of nitrogens with one attached hydrogen (secondary N) is 2. The maximum atomic E-state index is 12.3. The van der Waals surface area contributed by atoms with Gasteiger partial charge < -0.3 is 19.5 Å². The monoisotopic (exact) mass is 360 g/mol. The van der Waals surface area contributed by atoms with E-state index in [1.165, 1.54) is 6.26 Å². The fourth-order valence-electron chi connectivity index (χ4n) is 3.32. The molecular formula is C22H20N2O3. The third kappa shape index (κ3) is 3.44. The molecule has 1 amide bonds. The lowest BCUT2D eigenvalue weighted by molar-refractivity contribution is 0.0925. The molecule has 27 heavy (non-hydrogen) atoms. The lowest BCUT2D eigenvalue weighted by Crippen LogP contribution is -2.28. The summed E-state index contributed by atoms with van der Waals surface area (Å²) in [5.74, 6) is 0.878. The van der Waals surface area contributed by atoms with Crippen molar-refractivity contribution in [1.82, 2.24) is 10.3 Å². The fraction of sp³-hybridized carbons (Fsp3) is 0.136. The van der Waals surface area contributed by atoms with Crippen LogP contribution < -0.4 is 10.1 Å². The van der Waals surface area contributed by atoms with Gasteiger partial charge in [0.2, 0.25) is 0 Å². The van der Waals surface area contributed by atoms with Crippen molar-refractivity contribution in [3.8, 4) is 5.75 Å². The summed E-state index contributed by atoms with van der Waals surface area (Å²) >= 11 is 0. The molecule has 4 rings (SSSR count). The third-order valence-corrected chi connectivity index (χ3v) is 4.73. The Morgan fingerprint density at radius 3 is 2.67 bits per heavy atom. The lowest BCUT2D eigenvalue weighted by Gasteiger charge is -2.18. The number of benzene rings is 2. The number of hydrogen-bond donors (Lipinski definition) is 2. The van der Waals surface area contributed by atoms with Crippen LogP contribution in [0.5, 0.6) is 5.75 Å². The first kappa shape index (κ1) is 17.0. The minimum atomic E-state index is -0.224. The molecule has 0 aliphatic carbocycles. The van der Waals surface area contributed by atoms with Gasteiger partial charge in [0.1, 0.15) is 5.75 Å². The highest BCUT2D eigenvalue weighted by Gasteiger charge is 2.20. The Bertz CT molecular complexity index is 1030. The maximum Gasteiger partial charge on any atom is 0.287 e. The van der Waals surface area contributed by atoms with Crippen LogP contribution in [0.15, 0.2) is 77.5 Å². The Morgan fingerprint density at radius 2 is 1.93 bits per heavy atom. The van der Waals surface area contributed by atoms with Crippen LogP contribution in [-0.2, 0) is 0 Å². The van der Waals surface area contributed by atoms with E-state index >= 15 is 0 Å². The molecule has 5 nitrogen and oxygen atoms in total. The van der Waals surface area contributed by atoms with Crippen LogP contribution in [0.1, 0.15) is 27.6 Å². The molecular weight excluding hydrogens is 340 g/mol. The molecule has 136 valence electrons. The van der Waals surface area contributed by atoms with E-state index in [0.29, 0.717) is 12.3 Å². The summed E-state index contributed by atoms with van der Waals surface area (Å²) in [6.07, 6.45) is 3.51. The molecule has 0 saturated carbocycles. The van der Waals surface area contributed by atoms with Gasteiger partial charge in [0.25, 0.3) is 5.91 Å². The van der Waals surface area contributed by atoms with Crippen molar-refractivity contribution in [2.75, 3.05) is 13.7 Å². The SMILES string of the molecule is COc1ccc([C@H](CNC(=O)c2ccco2)c2c[nH]c3ccccc23)cc1. The third-order valence-electron chi connectivity index (χ3n) is 4.73. The molecule has 0 unspecified atom stereocenters. The Hall–Kier alpha value is -3.47. The highest BCUT2D eigenvalue weighted by atomic mass is 16.5. The number of fused-ring (bicyclic) bond motifs is 1. The van der Waals surface area contributed by atoms with Gasteiger partial charge in [-0.15, -0.1) is 0 Å². The number of furan rings is 1. The number of aromatic nitrogens is 1. The molecule has 2 aromatic heterocycles. The van der Waals surface area contributed by atoms with E-state index in [1.54, 1.807) is 19.2 Å². The molecule has 2 heterocycles. The average molecular weight is 360 g/mol. The second-order valence-corrected chi connectivity index (χ2v) is 6.30. The zero-order valence-electron chi connectivity index (χ0n) is 14.9. The van der Waals surface area contributed by atoms with Crippen molar-refractivity contribution >= 4 is 16.8 Å². The van der Waals surface area contributed by atoms with Crippen molar-refractivity contribution in [2.24, 2.45) is 0 Å². The first-order chi connectivity index (χ1) is 13.3. The Balaban J connectivity index is 1.67. The number of H-pyrrole nitrogens is 1. The van der Waals surface area contributed by atoms with Crippen molar-refractivity contribution in [1.29, 1.82) is 0 Å². The van der Waals surface area contributed by atoms with Gasteiger partial charge in [-0.1, -0.05) is 30.3 Å². The molecule has 0 aliphatic rings. The van der Waals surface area contributed by atoms with Gasteiger partial charge in [-0.2, -0.15) is 0 Å². The van der Waals surface area contributed by atoms with Gasteiger partial charge in [0.15, 0.2) is 5.76 Å². The normalized spacial score (nSPS) is 12.0. The number of amides is 1. The quantitative estimate of drug-likeness (QED) is 0.538. The molecule has 0 spiro atoms. The van der Waals surface area contributed by atoms with E-state index in [4.69, 9.17) is 9.15 Å². The topological polar surface area (TPSA) is 67.3 Å². The maximum absolute atomic E-state index is 12.3. The summed E-state index contributed by atoms with van der Waals surface area (Å²) in [5.41, 5.74) is 3.30. The van der Waals surface area contributed by atoms with Gasteiger partial charge >= 0.3 is 0 Å². The summed E-state index contributed by atoms with van der Waals surface area (Å²) in [6.45, 7) is 0.452. The summed E-state index contributed by atoms with van der Waals surface area (Å²) in [4.78, 5) is 15.7. The first-order valence-corrected chi connectivity index (χ1v) is 8.78. The number of rotatable bonds is 6. The second kappa shape index (κ2) is 7.41. The summed E-state index contributed by atoms with van der Waals surface area (Å²) in [7, 11) is 1.65. The minimum absolute atomic E-state index is 0.00836. The highest BCUT2D eigenvalue weighted by Crippen LogP contribution is 2.31. The van der Waals surface area contributed by atoms with E-state index in [9.17, 15) is 4.79 Å². The van der Waals surface area contributed by atoms with Crippen molar-refractivity contribution in [2.45, 2.75) is 5.92 Å². The van der Waals surface area contributed by atoms with Crippen LogP contribution in [0, 0.1) is 0 Å². The molecule has 2 aromatic carbocycles. The minimum Gasteiger partial charge on any atom is -0.497 e. The predicted molar refractivity (Wildman–Crippen MR) is 104 cm³/mol. The molecule has 1 atom stereocenters. The number of para-hydroxylation sites is 1. The molecule has 2 N–H and O–H groups in total. The molecule has 0 radical (unpaired) electrons. The largest absolute Gasteiger partial charge is 0.497 e. The van der Waals surface area contributed by atoms with Crippen molar-refractivity contribution in [3.05, 3.63) is 90.0 Å². The van der Waals surface area contributed by atoms with Crippen LogP contribution in [0.3, 0.4) is 0 Å². The van der Waals surface area contributed by atoms with E-state index in [-0.39, 0.29) is 11.8 Å². The van der Waals surface area contributed by atoms with Crippen LogP contribution in [0.2, 0.25) is 0 Å². The van der Waals surface area contributed by atoms with E-state index in [1.807, 2.05) is 48.7 Å². The molecule has 0 fully saturated rings. The van der Waals surface area contributed by atoms with Gasteiger partial charge in [-0.05, 0) is 41.5 Å². The number of aromatic amines is 1. The van der Waals surface area contributed by atoms with E-state index in [2.05, 4.69) is 16.4 Å². The molecule has 0 aliphatic heterocycles. The standard InChI is InChI=1S/C22H20N2O3/c1-26-16-10-8-15(9-11-16)18(13-24-22(25)21-7-4-12-27-21)19-14-23-20-6-3-2-5-17(19)20/h2-12,14,18,23H,13H2,1H3,(H,24,25)/t18-/m0/s1. The lowest BCUT2D eigenvalue weighted by atomic mass is 9.90. The van der Waals surface area contributed by atoms with Crippen LogP contribution in [-0.4, -0.2) is 24.5 Å². The number of carbonyl (C=O) groups excluding carboxylic acids is 1. The number of carbonyl (C=O) groups is 1. The van der Waals surface area contributed by atoms with Crippen LogP contribution in [0.25, 0.3) is 10.9 Å². The molecule has 5 heteroatoms.